The number of hydrogen-bond acceptors (Lipinski definition) is 2. The Labute approximate surface area is 95.7 Å². The summed E-state index contributed by atoms with van der Waals surface area (Å²) in [7, 11) is -1.54. The van der Waals surface area contributed by atoms with E-state index in [4.69, 9.17) is 10.2 Å². The highest BCUT2D eigenvalue weighted by Gasteiger charge is 2.42. The molecule has 0 spiro atoms. The average Bonchev–Trinajstić information content (AvgIpc) is 1.92. The van der Waals surface area contributed by atoms with Crippen molar-refractivity contribution in [2.24, 2.45) is 11.7 Å². The first-order chi connectivity index (χ1) is 6.63. The van der Waals surface area contributed by atoms with Crippen LogP contribution in [0.3, 0.4) is 0 Å². The molecule has 2 nitrogen and oxygen atoms in total. The fraction of sp³-hybridized carbons (Fsp3) is 1.00. The second-order valence-corrected chi connectivity index (χ2v) is 11.3. The summed E-state index contributed by atoms with van der Waals surface area (Å²) in [6.07, 6.45) is 2.83. The van der Waals surface area contributed by atoms with Crippen LogP contribution < -0.4 is 5.73 Å². The first-order valence-corrected chi connectivity index (χ1v) is 8.98. The zero-order valence-electron chi connectivity index (χ0n) is 11.1. The third-order valence-electron chi connectivity index (χ3n) is 4.14. The van der Waals surface area contributed by atoms with E-state index in [-0.39, 0.29) is 0 Å². The summed E-state index contributed by atoms with van der Waals surface area (Å²) in [6.45, 7) is 13.6. The molecular weight excluding hydrogens is 202 g/mol. The van der Waals surface area contributed by atoms with Gasteiger partial charge in [-0.1, -0.05) is 20.8 Å². The van der Waals surface area contributed by atoms with Crippen LogP contribution in [0.1, 0.15) is 40.5 Å². The molecule has 1 saturated carbocycles. The van der Waals surface area contributed by atoms with E-state index in [0.717, 1.165) is 0 Å². The molecule has 0 bridgehead atoms. The van der Waals surface area contributed by atoms with Crippen molar-refractivity contribution in [3.05, 3.63) is 0 Å². The lowest BCUT2D eigenvalue weighted by Crippen LogP contribution is -2.50. The Bertz CT molecular complexity index is 214. The van der Waals surface area contributed by atoms with Crippen molar-refractivity contribution in [3.8, 4) is 0 Å². The van der Waals surface area contributed by atoms with Crippen LogP contribution in [-0.4, -0.2) is 20.5 Å². The minimum absolute atomic E-state index is 0.326. The van der Waals surface area contributed by atoms with Crippen LogP contribution in [0, 0.1) is 5.92 Å². The van der Waals surface area contributed by atoms with Crippen molar-refractivity contribution in [1.82, 2.24) is 0 Å². The second kappa shape index (κ2) is 4.19. The molecule has 1 aliphatic rings. The first kappa shape index (κ1) is 13.2. The van der Waals surface area contributed by atoms with E-state index in [1.807, 2.05) is 0 Å². The third kappa shape index (κ3) is 3.05. The fourth-order valence-electron chi connectivity index (χ4n) is 1.73. The summed E-state index contributed by atoms with van der Waals surface area (Å²) in [5.74, 6) is 0.694. The monoisotopic (exact) mass is 229 g/mol. The van der Waals surface area contributed by atoms with Gasteiger partial charge in [0, 0.05) is 12.1 Å². The van der Waals surface area contributed by atoms with Crippen LogP contribution >= 0.6 is 0 Å². The minimum atomic E-state index is -1.54. The maximum Gasteiger partial charge on any atom is 0.192 e. The Hall–Kier alpha value is 0.137. The van der Waals surface area contributed by atoms with Crippen LogP contribution in [0.2, 0.25) is 18.1 Å². The summed E-state index contributed by atoms with van der Waals surface area (Å²) in [5.41, 5.74) is 5.87. The van der Waals surface area contributed by atoms with Gasteiger partial charge >= 0.3 is 0 Å². The van der Waals surface area contributed by atoms with E-state index < -0.39 is 8.32 Å². The van der Waals surface area contributed by atoms with Crippen LogP contribution in [0.5, 0.6) is 0 Å². The lowest BCUT2D eigenvalue weighted by atomic mass is 9.78. The van der Waals surface area contributed by atoms with E-state index >= 15 is 0 Å². The molecule has 1 atom stereocenters. The number of hydrogen-bond donors (Lipinski definition) is 1. The number of nitrogens with two attached hydrogens (primary N) is 1. The van der Waals surface area contributed by atoms with Crippen molar-refractivity contribution < 1.29 is 4.43 Å². The van der Waals surface area contributed by atoms with E-state index in [9.17, 15) is 0 Å². The van der Waals surface area contributed by atoms with Crippen molar-refractivity contribution in [3.63, 3.8) is 0 Å². The van der Waals surface area contributed by atoms with Gasteiger partial charge in [0.1, 0.15) is 0 Å². The lowest BCUT2D eigenvalue weighted by Gasteiger charge is -2.45. The molecule has 1 aliphatic carbocycles. The summed E-state index contributed by atoms with van der Waals surface area (Å²) < 4.78 is 6.30. The Balaban J connectivity index is 2.39. The Kier molecular flexibility index (Phi) is 3.69. The molecule has 15 heavy (non-hydrogen) atoms. The quantitative estimate of drug-likeness (QED) is 0.755. The van der Waals surface area contributed by atoms with E-state index in [1.54, 1.807) is 0 Å². The van der Waals surface area contributed by atoms with Gasteiger partial charge in [-0.05, 0) is 43.8 Å². The maximum absolute atomic E-state index is 6.30. The van der Waals surface area contributed by atoms with Gasteiger partial charge < -0.3 is 10.2 Å². The molecule has 1 rings (SSSR count). The molecule has 0 aliphatic heterocycles. The number of rotatable bonds is 3. The second-order valence-electron chi connectivity index (χ2n) is 6.59. The van der Waals surface area contributed by atoms with Crippen LogP contribution in [0.15, 0.2) is 0 Å². The first-order valence-electron chi connectivity index (χ1n) is 6.07. The van der Waals surface area contributed by atoms with Gasteiger partial charge in [0.15, 0.2) is 8.32 Å². The Morgan fingerprint density at radius 3 is 2.07 bits per heavy atom. The molecule has 0 amide bonds. The van der Waals surface area contributed by atoms with Crippen molar-refractivity contribution in [2.45, 2.75) is 70.8 Å². The molecule has 0 aromatic rings. The van der Waals surface area contributed by atoms with Crippen molar-refractivity contribution in [2.75, 3.05) is 0 Å². The molecule has 0 aromatic heterocycles. The van der Waals surface area contributed by atoms with Crippen LogP contribution in [0.25, 0.3) is 0 Å². The predicted octanol–water partition coefficient (Wildman–Crippen LogP) is 3.13. The van der Waals surface area contributed by atoms with E-state index in [0.29, 0.717) is 23.1 Å². The molecule has 1 fully saturated rings. The zero-order chi connectivity index (χ0) is 11.9. The average molecular weight is 229 g/mol. The minimum Gasteiger partial charge on any atom is -0.414 e. The van der Waals surface area contributed by atoms with Crippen molar-refractivity contribution >= 4 is 8.32 Å². The van der Waals surface area contributed by atoms with E-state index in [2.05, 4.69) is 40.8 Å². The molecule has 0 saturated heterocycles. The summed E-state index contributed by atoms with van der Waals surface area (Å²) in [5, 5.41) is 0.326. The topological polar surface area (TPSA) is 35.2 Å². The fourth-order valence-corrected chi connectivity index (χ4v) is 3.10. The van der Waals surface area contributed by atoms with Gasteiger partial charge in [0.05, 0.1) is 0 Å². The molecule has 2 N–H and O–H groups in total. The molecule has 1 unspecified atom stereocenters. The molecule has 3 heteroatoms. The molecule has 0 heterocycles. The molecular formula is C12H27NOSi. The highest BCUT2D eigenvalue weighted by molar-refractivity contribution is 6.74. The molecule has 0 radical (unpaired) electrons. The Morgan fingerprint density at radius 2 is 1.73 bits per heavy atom. The van der Waals surface area contributed by atoms with Gasteiger partial charge in [-0.25, -0.2) is 0 Å². The van der Waals surface area contributed by atoms with Crippen molar-refractivity contribution in [1.29, 1.82) is 0 Å². The van der Waals surface area contributed by atoms with Crippen LogP contribution in [0.4, 0.5) is 0 Å². The van der Waals surface area contributed by atoms with E-state index in [1.165, 1.54) is 12.8 Å². The van der Waals surface area contributed by atoms with Gasteiger partial charge in [-0.2, -0.15) is 0 Å². The largest absolute Gasteiger partial charge is 0.414 e. The molecule has 0 aromatic carbocycles. The zero-order valence-corrected chi connectivity index (χ0v) is 12.1. The maximum atomic E-state index is 6.30. The smallest absolute Gasteiger partial charge is 0.192 e. The standard InChI is InChI=1S/C12H27NOSi/c1-9(13)10-7-11(8-10)14-15(5,6)12(2,3)4/h9-11H,7-8,13H2,1-6H3/t9?,10-,11+. The van der Waals surface area contributed by atoms with Gasteiger partial charge in [-0.15, -0.1) is 0 Å². The van der Waals surface area contributed by atoms with Gasteiger partial charge in [0.2, 0.25) is 0 Å². The third-order valence-corrected chi connectivity index (χ3v) is 8.68. The predicted molar refractivity (Wildman–Crippen MR) is 68.4 cm³/mol. The molecule has 90 valence electrons. The lowest BCUT2D eigenvalue weighted by molar-refractivity contribution is 0.0431. The highest BCUT2D eigenvalue weighted by Crippen LogP contribution is 2.41. The SMILES string of the molecule is CC(N)[C@H]1C[C@@H](O[Si](C)(C)C(C)(C)C)C1. The van der Waals surface area contributed by atoms with Gasteiger partial charge in [-0.3, -0.25) is 0 Å². The normalized spacial score (nSPS) is 29.8. The highest BCUT2D eigenvalue weighted by atomic mass is 28.4. The van der Waals surface area contributed by atoms with Gasteiger partial charge in [0.25, 0.3) is 0 Å². The summed E-state index contributed by atoms with van der Waals surface area (Å²) >= 11 is 0. The summed E-state index contributed by atoms with van der Waals surface area (Å²) in [4.78, 5) is 0. The summed E-state index contributed by atoms with van der Waals surface area (Å²) in [6, 6.07) is 0.337. The van der Waals surface area contributed by atoms with Crippen LogP contribution in [-0.2, 0) is 4.43 Å². The Morgan fingerprint density at radius 1 is 1.27 bits per heavy atom.